The van der Waals surface area contributed by atoms with Gasteiger partial charge >= 0.3 is 0 Å². The molecule has 222 valence electrons. The molecule has 2 atom stereocenters. The van der Waals surface area contributed by atoms with Crippen LogP contribution in [0.3, 0.4) is 0 Å². The molecule has 0 spiro atoms. The number of hydrogen-bond donors (Lipinski definition) is 0. The zero-order valence-corrected chi connectivity index (χ0v) is 25.8. The molecule has 13 heteroatoms. The molecule has 0 bridgehead atoms. The number of benzene rings is 2. The lowest BCUT2D eigenvalue weighted by atomic mass is 9.94. The number of halogens is 4. The fraction of sp³-hybridized carbons (Fsp3) is 0.367. The van der Waals surface area contributed by atoms with Gasteiger partial charge in [0.1, 0.15) is 11.0 Å². The maximum atomic E-state index is 16.6. The number of fused-ring (bicyclic) bond motifs is 3. The molecule has 0 radical (unpaired) electrons. The average molecular weight is 642 g/mol. The molecular weight excluding hydrogens is 614 g/mol. The maximum absolute atomic E-state index is 16.6. The molecule has 4 heterocycles. The molecule has 2 fully saturated rings. The second-order valence-corrected chi connectivity index (χ2v) is 12.4. The lowest BCUT2D eigenvalue weighted by Gasteiger charge is -2.43. The molecule has 6 rings (SSSR count). The quantitative estimate of drug-likeness (QED) is 0.234. The molecule has 9 nitrogen and oxygen atoms in total. The van der Waals surface area contributed by atoms with Crippen molar-refractivity contribution in [3.63, 3.8) is 0 Å². The van der Waals surface area contributed by atoms with Crippen molar-refractivity contribution in [3.05, 3.63) is 57.8 Å². The molecule has 0 saturated carbocycles. The number of carbonyl (C=O) groups is 1. The number of nitriles is 1. The van der Waals surface area contributed by atoms with Gasteiger partial charge in [-0.05, 0) is 45.1 Å². The molecule has 2 aromatic carbocycles. The number of anilines is 1. The molecule has 2 saturated heterocycles. The predicted octanol–water partition coefficient (Wildman–Crippen LogP) is 6.13. The van der Waals surface area contributed by atoms with Crippen LogP contribution in [-0.2, 0) is 4.79 Å². The van der Waals surface area contributed by atoms with Crippen LogP contribution in [0.1, 0.15) is 25.3 Å². The Labute approximate surface area is 263 Å². The second-order valence-electron chi connectivity index (χ2n) is 11.2. The van der Waals surface area contributed by atoms with Gasteiger partial charge in [-0.15, -0.1) is 5.10 Å². The van der Waals surface area contributed by atoms with Crippen molar-refractivity contribution in [2.24, 2.45) is 0 Å². The molecular formula is C30H28Cl3FN8O. The zero-order chi connectivity index (χ0) is 30.6. The molecule has 4 aromatic rings. The molecule has 2 aromatic heterocycles. The lowest BCUT2D eigenvalue weighted by Crippen LogP contribution is -2.57. The monoisotopic (exact) mass is 640 g/mol. The van der Waals surface area contributed by atoms with Crippen LogP contribution in [-0.4, -0.2) is 81.5 Å². The summed E-state index contributed by atoms with van der Waals surface area (Å²) in [4.78, 5) is 23.2. The van der Waals surface area contributed by atoms with Crippen molar-refractivity contribution in [1.29, 1.82) is 5.26 Å². The van der Waals surface area contributed by atoms with E-state index in [9.17, 15) is 10.1 Å². The van der Waals surface area contributed by atoms with Crippen molar-refractivity contribution in [1.82, 2.24) is 29.8 Å². The van der Waals surface area contributed by atoms with Gasteiger partial charge in [0, 0.05) is 48.2 Å². The summed E-state index contributed by atoms with van der Waals surface area (Å²) in [6.07, 6.45) is 2.48. The minimum Gasteiger partial charge on any atom is -0.351 e. The summed E-state index contributed by atoms with van der Waals surface area (Å²) in [6, 6.07) is 8.64. The van der Waals surface area contributed by atoms with Crippen LogP contribution >= 0.6 is 34.8 Å². The Morgan fingerprint density at radius 3 is 2.70 bits per heavy atom. The van der Waals surface area contributed by atoms with Crippen LogP contribution < -0.4 is 4.90 Å². The number of hydrogen-bond acceptors (Lipinski definition) is 7. The standard InChI is InChI=1S/C30H28Cl3FN8O/c1-4-23(43)41-11-9-17(12-16(41)8-10-35)42-29-20-13-22(32)24(19-6-5-7-21(31)25(19)33)26(34)27(20)36-30(28(29)37-38-42)40-14-18(15-40)39(2)3/h4-7,13,16-18H,1,8-9,11-12,14-15H2,2-3H3/t16-,17+/m1/s1. The molecule has 1 amide bonds. The predicted molar refractivity (Wildman–Crippen MR) is 167 cm³/mol. The second kappa shape index (κ2) is 11.5. The Morgan fingerprint density at radius 1 is 1.23 bits per heavy atom. The van der Waals surface area contributed by atoms with Gasteiger partial charge in [-0.3, -0.25) is 4.79 Å². The van der Waals surface area contributed by atoms with Crippen molar-refractivity contribution in [2.75, 3.05) is 38.6 Å². The average Bonchev–Trinajstić information content (AvgIpc) is 3.40. The van der Waals surface area contributed by atoms with E-state index in [1.54, 1.807) is 33.8 Å². The number of rotatable bonds is 6. The van der Waals surface area contributed by atoms with Gasteiger partial charge in [0.05, 0.1) is 33.6 Å². The maximum Gasteiger partial charge on any atom is 0.246 e. The number of aromatic nitrogens is 4. The Bertz CT molecular complexity index is 1810. The number of likely N-dealkylation sites (tertiary alicyclic amines) is 1. The number of carbonyl (C=O) groups excluding carboxylic acids is 1. The van der Waals surface area contributed by atoms with Gasteiger partial charge in [0.15, 0.2) is 17.2 Å². The van der Waals surface area contributed by atoms with Gasteiger partial charge < -0.3 is 14.7 Å². The van der Waals surface area contributed by atoms with Gasteiger partial charge in [0.2, 0.25) is 5.91 Å². The fourth-order valence-electron chi connectivity index (χ4n) is 6.09. The number of pyridine rings is 1. The van der Waals surface area contributed by atoms with Gasteiger partial charge in [-0.1, -0.05) is 58.7 Å². The van der Waals surface area contributed by atoms with Crippen LogP contribution in [0.4, 0.5) is 10.2 Å². The molecule has 43 heavy (non-hydrogen) atoms. The summed E-state index contributed by atoms with van der Waals surface area (Å²) in [7, 11) is 4.04. The lowest BCUT2D eigenvalue weighted by molar-refractivity contribution is -0.130. The summed E-state index contributed by atoms with van der Waals surface area (Å²) >= 11 is 19.5. The first-order valence-corrected chi connectivity index (χ1v) is 15.0. The Balaban J connectivity index is 1.55. The largest absolute Gasteiger partial charge is 0.351 e. The molecule has 0 N–H and O–H groups in total. The summed E-state index contributed by atoms with van der Waals surface area (Å²) < 4.78 is 18.4. The molecule has 2 aliphatic rings. The van der Waals surface area contributed by atoms with Gasteiger partial charge in [-0.2, -0.15) is 5.26 Å². The van der Waals surface area contributed by atoms with Crippen molar-refractivity contribution in [3.8, 4) is 17.2 Å². The molecule has 0 aliphatic carbocycles. The van der Waals surface area contributed by atoms with Crippen LogP contribution in [0.25, 0.3) is 33.1 Å². The summed E-state index contributed by atoms with van der Waals surface area (Å²) in [5.74, 6) is -0.307. The highest BCUT2D eigenvalue weighted by Crippen LogP contribution is 2.44. The highest BCUT2D eigenvalue weighted by molar-refractivity contribution is 6.44. The van der Waals surface area contributed by atoms with Crippen LogP contribution in [0.2, 0.25) is 15.1 Å². The van der Waals surface area contributed by atoms with Gasteiger partial charge in [-0.25, -0.2) is 14.1 Å². The van der Waals surface area contributed by atoms with E-state index in [4.69, 9.17) is 39.8 Å². The van der Waals surface area contributed by atoms with Crippen LogP contribution in [0.5, 0.6) is 0 Å². The van der Waals surface area contributed by atoms with E-state index in [1.165, 1.54) is 6.08 Å². The van der Waals surface area contributed by atoms with E-state index in [-0.39, 0.29) is 50.6 Å². The fourth-order valence-corrected chi connectivity index (χ4v) is 6.77. The van der Waals surface area contributed by atoms with Crippen LogP contribution in [0, 0.1) is 17.1 Å². The smallest absolute Gasteiger partial charge is 0.246 e. The minimum absolute atomic E-state index is 0.110. The topological polar surface area (TPSA) is 94.2 Å². The zero-order valence-electron chi connectivity index (χ0n) is 23.6. The van der Waals surface area contributed by atoms with E-state index < -0.39 is 5.82 Å². The Hall–Kier alpha value is -3.49. The third kappa shape index (κ3) is 4.98. The van der Waals surface area contributed by atoms with E-state index in [2.05, 4.69) is 32.8 Å². The molecule has 0 unspecified atom stereocenters. The SMILES string of the molecule is C=CC(=O)N1CC[C@H](n2nnc3c(N4CC(N(C)C)C4)nc4c(F)c(-c5cccc(Cl)c5Cl)c(Cl)cc4c32)C[C@H]1CC#N. The summed E-state index contributed by atoms with van der Waals surface area (Å²) in [6.45, 7) is 5.42. The van der Waals surface area contributed by atoms with Crippen molar-refractivity contribution >= 4 is 68.5 Å². The number of amides is 1. The van der Waals surface area contributed by atoms with E-state index >= 15 is 4.39 Å². The summed E-state index contributed by atoms with van der Waals surface area (Å²) in [5, 5.41) is 19.7. The highest BCUT2D eigenvalue weighted by Gasteiger charge is 2.36. The van der Waals surface area contributed by atoms with E-state index in [0.717, 1.165) is 0 Å². The first kappa shape index (κ1) is 29.6. The number of likely N-dealkylation sites (N-methyl/N-ethyl adjacent to an activating group) is 1. The van der Waals surface area contributed by atoms with Crippen molar-refractivity contribution < 1.29 is 9.18 Å². The van der Waals surface area contributed by atoms with Gasteiger partial charge in [0.25, 0.3) is 0 Å². The first-order valence-electron chi connectivity index (χ1n) is 13.9. The Kier molecular flexibility index (Phi) is 7.94. The van der Waals surface area contributed by atoms with Crippen molar-refractivity contribution in [2.45, 2.75) is 37.4 Å². The third-order valence-corrected chi connectivity index (χ3v) is 9.62. The minimum atomic E-state index is -0.624. The van der Waals surface area contributed by atoms with Crippen LogP contribution in [0.15, 0.2) is 36.9 Å². The normalized spacial score (nSPS) is 19.2. The summed E-state index contributed by atoms with van der Waals surface area (Å²) in [5.41, 5.74) is 1.72. The van der Waals surface area contributed by atoms with E-state index in [0.29, 0.717) is 66.3 Å². The third-order valence-electron chi connectivity index (χ3n) is 8.50. The van der Waals surface area contributed by atoms with E-state index in [1.807, 2.05) is 14.1 Å². The first-order chi connectivity index (χ1) is 20.6. The number of nitrogens with zero attached hydrogens (tertiary/aromatic N) is 8. The number of piperidine rings is 1. The Morgan fingerprint density at radius 2 is 2.00 bits per heavy atom. The molecule has 2 aliphatic heterocycles. The highest BCUT2D eigenvalue weighted by atomic mass is 35.5.